The molecule has 0 aromatic heterocycles. The van der Waals surface area contributed by atoms with E-state index in [9.17, 15) is 4.79 Å². The lowest BCUT2D eigenvalue weighted by Gasteiger charge is -2.10. The van der Waals surface area contributed by atoms with Gasteiger partial charge in [-0.1, -0.05) is 42.5 Å². The second-order valence-corrected chi connectivity index (χ2v) is 3.86. The van der Waals surface area contributed by atoms with Crippen molar-refractivity contribution in [2.24, 2.45) is 0 Å². The Morgan fingerprint density at radius 2 is 1.88 bits per heavy atom. The van der Waals surface area contributed by atoms with Gasteiger partial charge in [-0.3, -0.25) is 0 Å². The number of nitrogens with one attached hydrogen (secondary N) is 1. The fourth-order valence-corrected chi connectivity index (χ4v) is 2.11. The lowest BCUT2D eigenvalue weighted by atomic mass is 9.99. The molecule has 1 heterocycles. The predicted molar refractivity (Wildman–Crippen MR) is 68.4 cm³/mol. The Kier molecular flexibility index (Phi) is 3.20. The van der Waals surface area contributed by atoms with E-state index in [2.05, 4.69) is 23.5 Å². The Bertz CT molecular complexity index is 551. The number of hydrogen-bond acceptors (Lipinski definition) is 2. The quantitative estimate of drug-likeness (QED) is 0.844. The first-order valence-electron chi connectivity index (χ1n) is 5.25. The van der Waals surface area contributed by atoms with Crippen LogP contribution in [-0.2, 0) is 4.74 Å². The second-order valence-electron chi connectivity index (χ2n) is 3.86. The molecule has 0 aliphatic carbocycles. The number of ether oxygens (including phenoxy) is 1. The molecular weight excluding hydrogens is 238 g/mol. The molecule has 1 amide bonds. The number of alkyl carbamates (subject to hydrolysis) is 1. The summed E-state index contributed by atoms with van der Waals surface area (Å²) in [5, 5.41) is 5.15. The molecule has 1 atom stereocenters. The SMILES string of the molecule is Cl.O=C1N[C@H](c2cccc3ccccc23)CO1. The van der Waals surface area contributed by atoms with E-state index in [0.29, 0.717) is 6.61 Å². The molecule has 17 heavy (non-hydrogen) atoms. The zero-order chi connectivity index (χ0) is 11.0. The Balaban J connectivity index is 0.00000108. The molecule has 1 saturated heterocycles. The van der Waals surface area contributed by atoms with Crippen LogP contribution >= 0.6 is 12.4 Å². The molecule has 0 bridgehead atoms. The third kappa shape index (κ3) is 2.06. The smallest absolute Gasteiger partial charge is 0.407 e. The fourth-order valence-electron chi connectivity index (χ4n) is 2.11. The first kappa shape index (κ1) is 11.7. The molecular formula is C13H12ClNO2. The van der Waals surface area contributed by atoms with Crippen LogP contribution in [0.4, 0.5) is 4.79 Å². The van der Waals surface area contributed by atoms with Crippen LogP contribution in [0.15, 0.2) is 42.5 Å². The van der Waals surface area contributed by atoms with Gasteiger partial charge in [0.2, 0.25) is 0 Å². The molecule has 1 aliphatic heterocycles. The Labute approximate surface area is 105 Å². The summed E-state index contributed by atoms with van der Waals surface area (Å²) in [6, 6.07) is 14.2. The van der Waals surface area contributed by atoms with Crippen molar-refractivity contribution in [3.63, 3.8) is 0 Å². The van der Waals surface area contributed by atoms with Gasteiger partial charge in [0.15, 0.2) is 0 Å². The minimum Gasteiger partial charge on any atom is -0.447 e. The number of cyclic esters (lactones) is 1. The van der Waals surface area contributed by atoms with Gasteiger partial charge in [-0.15, -0.1) is 12.4 Å². The van der Waals surface area contributed by atoms with Gasteiger partial charge in [-0.05, 0) is 16.3 Å². The Morgan fingerprint density at radius 1 is 1.12 bits per heavy atom. The largest absolute Gasteiger partial charge is 0.447 e. The second kappa shape index (κ2) is 4.63. The summed E-state index contributed by atoms with van der Waals surface area (Å²) in [6.45, 7) is 0.410. The molecule has 2 aromatic carbocycles. The number of amides is 1. The molecule has 0 spiro atoms. The van der Waals surface area contributed by atoms with E-state index in [1.807, 2.05) is 24.3 Å². The molecule has 88 valence electrons. The molecule has 0 unspecified atom stereocenters. The van der Waals surface area contributed by atoms with Gasteiger partial charge >= 0.3 is 6.09 Å². The van der Waals surface area contributed by atoms with Gasteiger partial charge in [-0.25, -0.2) is 4.79 Å². The maximum Gasteiger partial charge on any atom is 0.407 e. The normalized spacial score (nSPS) is 18.4. The van der Waals surface area contributed by atoms with Crippen molar-refractivity contribution in [3.05, 3.63) is 48.0 Å². The summed E-state index contributed by atoms with van der Waals surface area (Å²) in [4.78, 5) is 11.0. The first-order valence-corrected chi connectivity index (χ1v) is 5.25. The number of carbonyl (C=O) groups excluding carboxylic acids is 1. The molecule has 4 heteroatoms. The predicted octanol–water partition coefficient (Wildman–Crippen LogP) is 3.04. The van der Waals surface area contributed by atoms with Crippen molar-refractivity contribution in [2.45, 2.75) is 6.04 Å². The third-order valence-electron chi connectivity index (χ3n) is 2.87. The number of halogens is 1. The number of rotatable bonds is 1. The van der Waals surface area contributed by atoms with Crippen LogP contribution in [0.2, 0.25) is 0 Å². The monoisotopic (exact) mass is 249 g/mol. The van der Waals surface area contributed by atoms with Gasteiger partial charge in [0, 0.05) is 0 Å². The van der Waals surface area contributed by atoms with E-state index < -0.39 is 0 Å². The van der Waals surface area contributed by atoms with Crippen molar-refractivity contribution in [3.8, 4) is 0 Å². The third-order valence-corrected chi connectivity index (χ3v) is 2.87. The molecule has 3 nitrogen and oxygen atoms in total. The molecule has 1 fully saturated rings. The molecule has 1 N–H and O–H groups in total. The van der Waals surface area contributed by atoms with Crippen molar-refractivity contribution in [1.29, 1.82) is 0 Å². The van der Waals surface area contributed by atoms with Crippen LogP contribution in [0.1, 0.15) is 11.6 Å². The lowest BCUT2D eigenvalue weighted by molar-refractivity contribution is 0.177. The molecule has 0 saturated carbocycles. The van der Waals surface area contributed by atoms with Crippen molar-refractivity contribution in [1.82, 2.24) is 5.32 Å². The minimum absolute atomic E-state index is 0. The van der Waals surface area contributed by atoms with Crippen molar-refractivity contribution >= 4 is 29.3 Å². The van der Waals surface area contributed by atoms with Crippen molar-refractivity contribution in [2.75, 3.05) is 6.61 Å². The van der Waals surface area contributed by atoms with E-state index in [0.717, 1.165) is 5.56 Å². The van der Waals surface area contributed by atoms with Gasteiger partial charge in [0.25, 0.3) is 0 Å². The van der Waals surface area contributed by atoms with Crippen LogP contribution < -0.4 is 5.32 Å². The van der Waals surface area contributed by atoms with Crippen LogP contribution in [-0.4, -0.2) is 12.7 Å². The van der Waals surface area contributed by atoms with Gasteiger partial charge in [0.1, 0.15) is 6.61 Å². The minimum atomic E-state index is -0.335. The van der Waals surface area contributed by atoms with Crippen LogP contribution in [0.25, 0.3) is 10.8 Å². The molecule has 3 rings (SSSR count). The van der Waals surface area contributed by atoms with E-state index in [1.165, 1.54) is 10.8 Å². The number of hydrogen-bond donors (Lipinski definition) is 1. The molecule has 1 aliphatic rings. The zero-order valence-electron chi connectivity index (χ0n) is 9.05. The maximum absolute atomic E-state index is 11.0. The summed E-state index contributed by atoms with van der Waals surface area (Å²) in [7, 11) is 0. The van der Waals surface area contributed by atoms with Crippen LogP contribution in [0.3, 0.4) is 0 Å². The Morgan fingerprint density at radius 3 is 2.65 bits per heavy atom. The summed E-state index contributed by atoms with van der Waals surface area (Å²) in [6.07, 6.45) is -0.335. The topological polar surface area (TPSA) is 38.3 Å². The average molecular weight is 250 g/mol. The van der Waals surface area contributed by atoms with Gasteiger partial charge in [0.05, 0.1) is 6.04 Å². The highest BCUT2D eigenvalue weighted by Crippen LogP contribution is 2.26. The standard InChI is InChI=1S/C13H11NO2.ClH/c15-13-14-12(8-16-13)11-7-3-5-9-4-1-2-6-10(9)11;/h1-7,12H,8H2,(H,14,15);1H/t12-;/m0./s1. The summed E-state index contributed by atoms with van der Waals surface area (Å²) in [5.74, 6) is 0. The van der Waals surface area contributed by atoms with Gasteiger partial charge in [-0.2, -0.15) is 0 Å². The number of fused-ring (bicyclic) bond motifs is 1. The van der Waals surface area contributed by atoms with Crippen LogP contribution in [0.5, 0.6) is 0 Å². The fraction of sp³-hybridized carbons (Fsp3) is 0.154. The number of benzene rings is 2. The highest BCUT2D eigenvalue weighted by Gasteiger charge is 2.24. The van der Waals surface area contributed by atoms with Crippen molar-refractivity contribution < 1.29 is 9.53 Å². The zero-order valence-corrected chi connectivity index (χ0v) is 9.87. The molecule has 0 radical (unpaired) electrons. The van der Waals surface area contributed by atoms with E-state index in [1.54, 1.807) is 0 Å². The number of carbonyl (C=O) groups is 1. The average Bonchev–Trinajstić information content (AvgIpc) is 2.75. The van der Waals surface area contributed by atoms with E-state index in [4.69, 9.17) is 4.74 Å². The van der Waals surface area contributed by atoms with Gasteiger partial charge < -0.3 is 10.1 Å². The van der Waals surface area contributed by atoms with E-state index in [-0.39, 0.29) is 24.5 Å². The summed E-state index contributed by atoms with van der Waals surface area (Å²) >= 11 is 0. The first-order chi connectivity index (χ1) is 7.84. The van der Waals surface area contributed by atoms with E-state index >= 15 is 0 Å². The van der Waals surface area contributed by atoms with Crippen LogP contribution in [0, 0.1) is 0 Å². The Hall–Kier alpha value is -1.74. The highest BCUT2D eigenvalue weighted by atomic mass is 35.5. The maximum atomic E-state index is 11.0. The summed E-state index contributed by atoms with van der Waals surface area (Å²) < 4.78 is 4.92. The summed E-state index contributed by atoms with van der Waals surface area (Å²) in [5.41, 5.74) is 1.11. The molecule has 2 aromatic rings. The highest BCUT2D eigenvalue weighted by molar-refractivity contribution is 5.87. The lowest BCUT2D eigenvalue weighted by Crippen LogP contribution is -2.18.